The Morgan fingerprint density at radius 1 is 0.640 bits per heavy atom. The Bertz CT molecular complexity index is 2230. The van der Waals surface area contributed by atoms with E-state index in [2.05, 4.69) is 169 Å². The second kappa shape index (κ2) is 16.2. The summed E-state index contributed by atoms with van der Waals surface area (Å²) in [6.07, 6.45) is 14.4. The van der Waals surface area contributed by atoms with E-state index in [0.717, 1.165) is 36.2 Å². The summed E-state index contributed by atoms with van der Waals surface area (Å²) >= 11 is 0. The largest absolute Gasteiger partial charge is 0.316 e. The molecule has 0 spiro atoms. The second-order valence-electron chi connectivity index (χ2n) is 12.1. The lowest BCUT2D eigenvalue weighted by Gasteiger charge is -2.30. The molecule has 1 heteroatoms. The van der Waals surface area contributed by atoms with Gasteiger partial charge in [-0.25, -0.2) is 0 Å². The van der Waals surface area contributed by atoms with Gasteiger partial charge in [0.2, 0.25) is 0 Å². The normalized spacial score (nSPS) is 14.4. The number of fused-ring (bicyclic) bond motifs is 4. The molecule has 248 valence electrons. The zero-order valence-electron chi connectivity index (χ0n) is 29.9. The van der Waals surface area contributed by atoms with E-state index in [1.54, 1.807) is 0 Å². The highest BCUT2D eigenvalue weighted by Crippen LogP contribution is 2.46. The SMILES string of the molecule is C=C1C2=C(C=CCC2)/C=C\N(c2cccc3c(/C(=C\Cc4ccccc4)c4ccccc4)cccc23)c2ccc3ccccc3c21.CC.CC. The van der Waals surface area contributed by atoms with Crippen LogP contribution in [0.25, 0.3) is 32.7 Å². The molecular weight excluding hydrogens is 603 g/mol. The van der Waals surface area contributed by atoms with Crippen LogP contribution in [0.1, 0.15) is 62.8 Å². The van der Waals surface area contributed by atoms with Crippen molar-refractivity contribution in [2.75, 3.05) is 4.90 Å². The summed E-state index contributed by atoms with van der Waals surface area (Å²) in [6, 6.07) is 48.2. The molecule has 0 bridgehead atoms. The highest BCUT2D eigenvalue weighted by atomic mass is 15.1. The smallest absolute Gasteiger partial charge is 0.0540 e. The Labute approximate surface area is 298 Å². The average Bonchev–Trinajstić information content (AvgIpc) is 3.19. The lowest BCUT2D eigenvalue weighted by Crippen LogP contribution is -2.14. The van der Waals surface area contributed by atoms with Crippen molar-refractivity contribution < 1.29 is 0 Å². The summed E-state index contributed by atoms with van der Waals surface area (Å²) < 4.78 is 0. The van der Waals surface area contributed by atoms with Crippen LogP contribution in [0.5, 0.6) is 0 Å². The Morgan fingerprint density at radius 3 is 2.12 bits per heavy atom. The van der Waals surface area contributed by atoms with Gasteiger partial charge in [-0.3, -0.25) is 0 Å². The van der Waals surface area contributed by atoms with Crippen LogP contribution >= 0.6 is 0 Å². The molecule has 0 aromatic heterocycles. The van der Waals surface area contributed by atoms with Crippen molar-refractivity contribution in [1.29, 1.82) is 0 Å². The third kappa shape index (κ3) is 6.78. The molecule has 2 aliphatic rings. The number of anilines is 2. The van der Waals surface area contributed by atoms with Gasteiger partial charge in [0, 0.05) is 17.1 Å². The van der Waals surface area contributed by atoms with Gasteiger partial charge in [0.15, 0.2) is 0 Å². The van der Waals surface area contributed by atoms with E-state index in [0.29, 0.717) is 0 Å². The third-order valence-corrected chi connectivity index (χ3v) is 9.36. The zero-order valence-corrected chi connectivity index (χ0v) is 29.9. The fourth-order valence-corrected chi connectivity index (χ4v) is 7.11. The van der Waals surface area contributed by atoms with Crippen molar-refractivity contribution in [3.8, 4) is 0 Å². The van der Waals surface area contributed by atoms with Crippen LogP contribution in [-0.2, 0) is 6.42 Å². The monoisotopic (exact) mass is 649 g/mol. The Morgan fingerprint density at radius 2 is 1.32 bits per heavy atom. The maximum absolute atomic E-state index is 4.74. The fourth-order valence-electron chi connectivity index (χ4n) is 7.11. The topological polar surface area (TPSA) is 3.24 Å². The van der Waals surface area contributed by atoms with Gasteiger partial charge >= 0.3 is 0 Å². The van der Waals surface area contributed by atoms with Gasteiger partial charge in [-0.15, -0.1) is 0 Å². The number of hydrogen-bond acceptors (Lipinski definition) is 1. The lowest BCUT2D eigenvalue weighted by atomic mass is 9.84. The first-order valence-electron chi connectivity index (χ1n) is 18.2. The number of hydrogen-bond donors (Lipinski definition) is 0. The summed E-state index contributed by atoms with van der Waals surface area (Å²) in [5, 5.41) is 4.92. The van der Waals surface area contributed by atoms with Gasteiger partial charge in [0.1, 0.15) is 0 Å². The van der Waals surface area contributed by atoms with E-state index < -0.39 is 0 Å². The third-order valence-electron chi connectivity index (χ3n) is 9.36. The van der Waals surface area contributed by atoms with E-state index in [1.165, 1.54) is 60.5 Å². The fraction of sp³-hybridized carbons (Fsp3) is 0.143. The van der Waals surface area contributed by atoms with Crippen molar-refractivity contribution in [2.45, 2.75) is 47.0 Å². The molecule has 1 heterocycles. The number of benzene rings is 6. The molecule has 0 N–H and O–H groups in total. The Balaban J connectivity index is 0.00000104. The predicted molar refractivity (Wildman–Crippen MR) is 220 cm³/mol. The summed E-state index contributed by atoms with van der Waals surface area (Å²) in [7, 11) is 0. The van der Waals surface area contributed by atoms with Crippen LogP contribution < -0.4 is 4.90 Å². The van der Waals surface area contributed by atoms with Gasteiger partial charge in [0.05, 0.1) is 11.4 Å². The zero-order chi connectivity index (χ0) is 34.9. The minimum absolute atomic E-state index is 0.865. The summed E-state index contributed by atoms with van der Waals surface area (Å²) in [4.78, 5) is 2.38. The van der Waals surface area contributed by atoms with Gasteiger partial charge in [-0.1, -0.05) is 174 Å². The summed E-state index contributed by atoms with van der Waals surface area (Å²) in [6.45, 7) is 12.7. The van der Waals surface area contributed by atoms with Crippen molar-refractivity contribution in [1.82, 2.24) is 0 Å². The molecule has 50 heavy (non-hydrogen) atoms. The van der Waals surface area contributed by atoms with E-state index in [-0.39, 0.29) is 0 Å². The van der Waals surface area contributed by atoms with Crippen LogP contribution in [0.3, 0.4) is 0 Å². The number of allylic oxidation sites excluding steroid dienone is 7. The highest BCUT2D eigenvalue weighted by molar-refractivity contribution is 6.08. The standard InChI is InChI=1S/C45H35N.2C2H6/c1-32-37-20-10-8-19-36(37)30-31-46(44-29-27-35-18-9-11-21-39(35)45(32)44)43-25-13-23-41-40(22-12-24-42(41)43)38(34-16-6-3-7-17-34)28-26-33-14-4-2-5-15-33;2*1-2/h2-9,11-19,21-25,27-31H,1,10,20,26H2;2*1-2H3/b31-30-,38-28-;;. The molecular formula is C49H47N. The van der Waals surface area contributed by atoms with Crippen LogP contribution in [0, 0.1) is 0 Å². The first-order chi connectivity index (χ1) is 24.8. The van der Waals surface area contributed by atoms with Crippen LogP contribution in [-0.4, -0.2) is 0 Å². The first kappa shape index (κ1) is 34.2. The van der Waals surface area contributed by atoms with Crippen molar-refractivity contribution in [2.24, 2.45) is 0 Å². The van der Waals surface area contributed by atoms with Gasteiger partial charge < -0.3 is 4.90 Å². The molecule has 8 rings (SSSR count). The molecule has 6 aromatic rings. The molecule has 1 aliphatic heterocycles. The quantitative estimate of drug-likeness (QED) is 0.180. The number of rotatable bonds is 5. The van der Waals surface area contributed by atoms with E-state index >= 15 is 0 Å². The highest BCUT2D eigenvalue weighted by Gasteiger charge is 2.24. The molecule has 0 atom stereocenters. The minimum atomic E-state index is 0.865. The maximum Gasteiger partial charge on any atom is 0.0540 e. The molecule has 0 saturated heterocycles. The van der Waals surface area contributed by atoms with E-state index in [4.69, 9.17) is 6.58 Å². The number of nitrogens with zero attached hydrogens (tertiary/aromatic N) is 1. The Hall–Kier alpha value is -5.66. The van der Waals surface area contributed by atoms with Crippen molar-refractivity contribution in [3.63, 3.8) is 0 Å². The summed E-state index contributed by atoms with van der Waals surface area (Å²) in [5.41, 5.74) is 12.2. The first-order valence-corrected chi connectivity index (χ1v) is 18.2. The van der Waals surface area contributed by atoms with E-state index in [1.807, 2.05) is 27.7 Å². The van der Waals surface area contributed by atoms with Crippen LogP contribution in [0.2, 0.25) is 0 Å². The molecule has 1 nitrogen and oxygen atoms in total. The molecule has 1 aliphatic carbocycles. The average molecular weight is 650 g/mol. The van der Waals surface area contributed by atoms with E-state index in [9.17, 15) is 0 Å². The minimum Gasteiger partial charge on any atom is -0.316 e. The van der Waals surface area contributed by atoms with Crippen LogP contribution in [0.15, 0.2) is 182 Å². The lowest BCUT2D eigenvalue weighted by molar-refractivity contribution is 0.982. The molecule has 0 radical (unpaired) electrons. The van der Waals surface area contributed by atoms with Crippen molar-refractivity contribution in [3.05, 3.63) is 204 Å². The predicted octanol–water partition coefficient (Wildman–Crippen LogP) is 14.0. The maximum atomic E-state index is 4.74. The second-order valence-corrected chi connectivity index (χ2v) is 12.1. The van der Waals surface area contributed by atoms with Gasteiger partial charge in [-0.05, 0) is 92.6 Å². The van der Waals surface area contributed by atoms with Crippen molar-refractivity contribution >= 4 is 44.1 Å². The van der Waals surface area contributed by atoms with Crippen LogP contribution in [0.4, 0.5) is 11.4 Å². The molecule has 6 aromatic carbocycles. The van der Waals surface area contributed by atoms with Gasteiger partial charge in [0.25, 0.3) is 0 Å². The van der Waals surface area contributed by atoms with Gasteiger partial charge in [-0.2, -0.15) is 0 Å². The molecule has 0 amide bonds. The molecule has 0 saturated carbocycles. The Kier molecular flexibility index (Phi) is 11.1. The molecule has 0 fully saturated rings. The molecule has 0 unspecified atom stereocenters. The summed E-state index contributed by atoms with van der Waals surface area (Å²) in [5.74, 6) is 0.